The number of nitrogens with one attached hydrogen (secondary N) is 1. The first kappa shape index (κ1) is 19.9. The predicted molar refractivity (Wildman–Crippen MR) is 83.6 cm³/mol. The van der Waals surface area contributed by atoms with Crippen molar-refractivity contribution in [3.8, 4) is 11.5 Å². The molecular weight excluding hydrogens is 379 g/mol. The normalized spacial score (nSPS) is 10.9. The highest BCUT2D eigenvalue weighted by molar-refractivity contribution is 5.86. The van der Waals surface area contributed by atoms with Gasteiger partial charge in [-0.2, -0.15) is 5.10 Å². The van der Waals surface area contributed by atoms with Crippen molar-refractivity contribution in [3.05, 3.63) is 52.8 Å². The molecule has 0 unspecified atom stereocenters. The molecule has 0 heterocycles. The van der Waals surface area contributed by atoms with Gasteiger partial charge in [0.15, 0.2) is 41.4 Å². The first-order valence-electron chi connectivity index (χ1n) is 7.10. The van der Waals surface area contributed by atoms with Crippen LogP contribution in [0.2, 0.25) is 0 Å². The van der Waals surface area contributed by atoms with Gasteiger partial charge in [-0.05, 0) is 12.1 Å². The van der Waals surface area contributed by atoms with Crippen LogP contribution in [0.4, 0.5) is 27.6 Å². The van der Waals surface area contributed by atoms with Gasteiger partial charge in [-0.25, -0.2) is 26.7 Å². The van der Waals surface area contributed by atoms with Crippen molar-refractivity contribution in [2.45, 2.75) is 0 Å². The molecule has 0 saturated carbocycles. The highest BCUT2D eigenvalue weighted by atomic mass is 19.2. The summed E-state index contributed by atoms with van der Waals surface area (Å²) in [6.07, 6.45) is 0.928. The van der Waals surface area contributed by atoms with Gasteiger partial charge in [0.1, 0.15) is 5.69 Å². The average Bonchev–Trinajstić information content (AvgIpc) is 2.65. The maximum absolute atomic E-state index is 13.6. The van der Waals surface area contributed by atoms with Gasteiger partial charge in [-0.3, -0.25) is 5.43 Å². The molecule has 0 aromatic heterocycles. The highest BCUT2D eigenvalue weighted by Crippen LogP contribution is 2.30. The number of carboxylic acid groups (broad SMARTS) is 1. The van der Waals surface area contributed by atoms with Crippen LogP contribution in [0, 0.1) is 29.1 Å². The molecule has 11 heteroatoms. The van der Waals surface area contributed by atoms with Crippen molar-refractivity contribution in [1.82, 2.24) is 0 Å². The van der Waals surface area contributed by atoms with E-state index < -0.39 is 47.3 Å². The number of benzene rings is 2. The third kappa shape index (κ3) is 4.25. The van der Waals surface area contributed by atoms with Crippen LogP contribution in [0.3, 0.4) is 0 Å². The Bertz CT molecular complexity index is 876. The van der Waals surface area contributed by atoms with E-state index in [1.165, 1.54) is 25.3 Å². The molecular formula is C16H11F5N2O4. The maximum atomic E-state index is 13.6. The van der Waals surface area contributed by atoms with E-state index >= 15 is 0 Å². The highest BCUT2D eigenvalue weighted by Gasteiger charge is 2.25. The summed E-state index contributed by atoms with van der Waals surface area (Å²) in [6, 6.07) is 4.32. The molecule has 0 aliphatic rings. The molecule has 0 aliphatic carbocycles. The van der Waals surface area contributed by atoms with Crippen molar-refractivity contribution < 1.29 is 41.3 Å². The number of carboxylic acids is 1. The number of carbonyl (C=O) groups is 1. The molecule has 2 aromatic rings. The van der Waals surface area contributed by atoms with E-state index in [1.807, 2.05) is 0 Å². The first-order valence-corrected chi connectivity index (χ1v) is 7.10. The van der Waals surface area contributed by atoms with Crippen LogP contribution >= 0.6 is 0 Å². The Morgan fingerprint density at radius 3 is 2.26 bits per heavy atom. The van der Waals surface area contributed by atoms with Crippen LogP contribution < -0.4 is 14.9 Å². The van der Waals surface area contributed by atoms with E-state index in [4.69, 9.17) is 14.6 Å². The Hall–Kier alpha value is -3.37. The fourth-order valence-corrected chi connectivity index (χ4v) is 1.95. The van der Waals surface area contributed by atoms with Crippen LogP contribution in [0.5, 0.6) is 11.5 Å². The number of hydrogen-bond acceptors (Lipinski definition) is 5. The third-order valence-corrected chi connectivity index (χ3v) is 3.16. The number of rotatable bonds is 7. The lowest BCUT2D eigenvalue weighted by molar-refractivity contribution is -0.139. The first-order chi connectivity index (χ1) is 12.8. The summed E-state index contributed by atoms with van der Waals surface area (Å²) in [7, 11) is 1.29. The van der Waals surface area contributed by atoms with Crippen LogP contribution in [0.15, 0.2) is 23.3 Å². The molecule has 2 aromatic carbocycles. The van der Waals surface area contributed by atoms with Gasteiger partial charge in [0, 0.05) is 5.56 Å². The molecule has 27 heavy (non-hydrogen) atoms. The number of nitrogens with zero attached hydrogens (tertiary/aromatic N) is 1. The second-order valence-electron chi connectivity index (χ2n) is 4.88. The zero-order valence-electron chi connectivity index (χ0n) is 13.5. The smallest absolute Gasteiger partial charge is 0.341 e. The second kappa shape index (κ2) is 8.34. The van der Waals surface area contributed by atoms with Crippen molar-refractivity contribution in [1.29, 1.82) is 0 Å². The summed E-state index contributed by atoms with van der Waals surface area (Å²) in [5.41, 5.74) is 0.497. The van der Waals surface area contributed by atoms with Crippen molar-refractivity contribution in [2.24, 2.45) is 5.10 Å². The number of halogens is 5. The van der Waals surface area contributed by atoms with Gasteiger partial charge >= 0.3 is 5.97 Å². The van der Waals surface area contributed by atoms with E-state index in [2.05, 4.69) is 5.10 Å². The fraction of sp³-hybridized carbons (Fsp3) is 0.125. The van der Waals surface area contributed by atoms with Gasteiger partial charge in [0.25, 0.3) is 0 Å². The molecule has 0 amide bonds. The summed E-state index contributed by atoms with van der Waals surface area (Å²) in [4.78, 5) is 10.7. The average molecular weight is 390 g/mol. The molecule has 0 bridgehead atoms. The van der Waals surface area contributed by atoms with Gasteiger partial charge in [-0.15, -0.1) is 0 Å². The van der Waals surface area contributed by atoms with Gasteiger partial charge in [0.05, 0.1) is 13.3 Å². The minimum Gasteiger partial charge on any atom is -0.493 e. The van der Waals surface area contributed by atoms with E-state index in [0.717, 1.165) is 6.21 Å². The number of hydrazone groups is 1. The number of methoxy groups -OCH3 is 1. The summed E-state index contributed by atoms with van der Waals surface area (Å²) in [5, 5.41) is 12.1. The number of aliphatic carboxylic acids is 1. The fourth-order valence-electron chi connectivity index (χ4n) is 1.95. The monoisotopic (exact) mass is 390 g/mol. The van der Waals surface area contributed by atoms with Gasteiger partial charge < -0.3 is 14.6 Å². The molecule has 0 aliphatic heterocycles. The van der Waals surface area contributed by atoms with E-state index in [0.29, 0.717) is 0 Å². The SMILES string of the molecule is COc1cccc(/C=N/Nc2c(F)c(F)c(F)c(F)c2F)c1OCC(=O)O. The standard InChI is InChI=1S/C16H11F5N2O4/c1-26-8-4-2-3-7(16(8)27-6-9(24)25)5-22-23-15-13(20)11(18)10(17)12(19)14(15)21/h2-5,23H,6H2,1H3,(H,24,25)/b22-5+. The van der Waals surface area contributed by atoms with E-state index in [-0.39, 0.29) is 17.1 Å². The molecule has 2 rings (SSSR count). The minimum absolute atomic E-state index is 0.0506. The topological polar surface area (TPSA) is 80.1 Å². The molecule has 2 N–H and O–H groups in total. The second-order valence-corrected chi connectivity index (χ2v) is 4.88. The van der Waals surface area contributed by atoms with Crippen LogP contribution in [0.25, 0.3) is 0 Å². The summed E-state index contributed by atoms with van der Waals surface area (Å²) in [6.45, 7) is -0.716. The van der Waals surface area contributed by atoms with Crippen molar-refractivity contribution in [3.63, 3.8) is 0 Å². The maximum Gasteiger partial charge on any atom is 0.341 e. The molecule has 6 nitrogen and oxygen atoms in total. The quantitative estimate of drug-likeness (QED) is 0.249. The van der Waals surface area contributed by atoms with Gasteiger partial charge in [0.2, 0.25) is 5.82 Å². The third-order valence-electron chi connectivity index (χ3n) is 3.16. The van der Waals surface area contributed by atoms with Crippen LogP contribution in [-0.4, -0.2) is 31.0 Å². The lowest BCUT2D eigenvalue weighted by Gasteiger charge is -2.11. The zero-order chi connectivity index (χ0) is 20.1. The molecule has 0 fully saturated rings. The number of anilines is 1. The molecule has 0 radical (unpaired) electrons. The van der Waals surface area contributed by atoms with Crippen molar-refractivity contribution >= 4 is 17.9 Å². The Labute approximate surface area is 148 Å². The molecule has 144 valence electrons. The lowest BCUT2D eigenvalue weighted by atomic mass is 10.2. The van der Waals surface area contributed by atoms with E-state index in [1.54, 1.807) is 5.43 Å². The Kier molecular flexibility index (Phi) is 6.16. The van der Waals surface area contributed by atoms with Crippen LogP contribution in [0.1, 0.15) is 5.56 Å². The van der Waals surface area contributed by atoms with Gasteiger partial charge in [-0.1, -0.05) is 6.07 Å². The Balaban J connectivity index is 2.33. The number of ether oxygens (including phenoxy) is 2. The van der Waals surface area contributed by atoms with E-state index in [9.17, 15) is 26.7 Å². The number of hydrogen-bond donors (Lipinski definition) is 2. The summed E-state index contributed by atoms with van der Waals surface area (Å²) >= 11 is 0. The zero-order valence-corrected chi connectivity index (χ0v) is 13.5. The Morgan fingerprint density at radius 2 is 1.70 bits per heavy atom. The molecule has 0 saturated heterocycles. The largest absolute Gasteiger partial charge is 0.493 e. The Morgan fingerprint density at radius 1 is 1.11 bits per heavy atom. The molecule has 0 spiro atoms. The predicted octanol–water partition coefficient (Wildman–Crippen LogP) is 3.30. The summed E-state index contributed by atoms with van der Waals surface area (Å²) in [5.74, 6) is -11.9. The van der Waals surface area contributed by atoms with Crippen molar-refractivity contribution in [2.75, 3.05) is 19.1 Å². The lowest BCUT2D eigenvalue weighted by Crippen LogP contribution is -2.11. The minimum atomic E-state index is -2.29. The van der Waals surface area contributed by atoms with Crippen LogP contribution in [-0.2, 0) is 4.79 Å². The molecule has 0 atom stereocenters. The summed E-state index contributed by atoms with van der Waals surface area (Å²) < 4.78 is 76.5. The number of para-hydroxylation sites is 1.